The number of aromatic nitrogens is 1. The van der Waals surface area contributed by atoms with E-state index in [-0.39, 0.29) is 17.9 Å². The fourth-order valence-electron chi connectivity index (χ4n) is 6.65. The third-order valence-electron chi connectivity index (χ3n) is 8.80. The normalized spacial score (nSPS) is 17.5. The first-order valence-corrected chi connectivity index (χ1v) is 15.4. The van der Waals surface area contributed by atoms with Gasteiger partial charge in [0.2, 0.25) is 5.91 Å². The number of urea groups is 1. The summed E-state index contributed by atoms with van der Waals surface area (Å²) in [5.74, 6) is 0.936. The van der Waals surface area contributed by atoms with Crippen LogP contribution in [-0.4, -0.2) is 93.2 Å². The topological polar surface area (TPSA) is 84.1 Å². The SMILES string of the molecule is COc1ccc2c(c1)C[C@@H](CN(C)C)CN2C(=O)C(Cc1c[nH]c2ccccc12)NC(=O)N1CCN(c2ccccc2)CC1. The zero-order chi connectivity index (χ0) is 30.6. The van der Waals surface area contributed by atoms with E-state index in [1.165, 1.54) is 0 Å². The maximum absolute atomic E-state index is 14.6. The molecule has 6 rings (SSSR count). The number of piperazine rings is 1. The third-order valence-corrected chi connectivity index (χ3v) is 8.80. The Morgan fingerprint density at radius 3 is 2.50 bits per heavy atom. The Bertz CT molecular complexity index is 1590. The van der Waals surface area contributed by atoms with Crippen LogP contribution in [0.3, 0.4) is 0 Å². The van der Waals surface area contributed by atoms with Gasteiger partial charge in [-0.1, -0.05) is 36.4 Å². The first-order valence-electron chi connectivity index (χ1n) is 15.4. The van der Waals surface area contributed by atoms with Crippen LogP contribution in [0.5, 0.6) is 5.75 Å². The van der Waals surface area contributed by atoms with Crippen LogP contribution in [0.1, 0.15) is 11.1 Å². The largest absolute Gasteiger partial charge is 0.497 e. The number of fused-ring (bicyclic) bond motifs is 2. The average molecular weight is 595 g/mol. The summed E-state index contributed by atoms with van der Waals surface area (Å²) in [5, 5.41) is 4.24. The number of H-pyrrole nitrogens is 1. The van der Waals surface area contributed by atoms with Gasteiger partial charge < -0.3 is 34.6 Å². The van der Waals surface area contributed by atoms with Crippen molar-refractivity contribution in [2.24, 2.45) is 5.92 Å². The Labute approximate surface area is 259 Å². The van der Waals surface area contributed by atoms with Crippen LogP contribution >= 0.6 is 0 Å². The lowest BCUT2D eigenvalue weighted by molar-refractivity contribution is -0.120. The summed E-state index contributed by atoms with van der Waals surface area (Å²) in [4.78, 5) is 39.9. The van der Waals surface area contributed by atoms with E-state index in [1.807, 2.05) is 70.6 Å². The van der Waals surface area contributed by atoms with Crippen molar-refractivity contribution in [3.05, 3.63) is 90.1 Å². The van der Waals surface area contributed by atoms with Crippen molar-refractivity contribution < 1.29 is 14.3 Å². The van der Waals surface area contributed by atoms with Crippen molar-refractivity contribution in [3.8, 4) is 5.75 Å². The van der Waals surface area contributed by atoms with Gasteiger partial charge in [-0.05, 0) is 74.0 Å². The van der Waals surface area contributed by atoms with Crippen LogP contribution < -0.4 is 19.9 Å². The summed E-state index contributed by atoms with van der Waals surface area (Å²) in [6.07, 6.45) is 3.21. The highest BCUT2D eigenvalue weighted by atomic mass is 16.5. The highest BCUT2D eigenvalue weighted by molar-refractivity contribution is 6.00. The number of anilines is 2. The summed E-state index contributed by atoms with van der Waals surface area (Å²) in [5.41, 5.74) is 5.15. The molecule has 9 heteroatoms. The van der Waals surface area contributed by atoms with E-state index in [0.29, 0.717) is 26.1 Å². The smallest absolute Gasteiger partial charge is 0.318 e. The summed E-state index contributed by atoms with van der Waals surface area (Å²) >= 11 is 0. The molecule has 3 aromatic carbocycles. The molecule has 44 heavy (non-hydrogen) atoms. The quantitative estimate of drug-likeness (QED) is 0.316. The van der Waals surface area contributed by atoms with Crippen LogP contribution in [0.4, 0.5) is 16.2 Å². The molecule has 1 saturated heterocycles. The highest BCUT2D eigenvalue weighted by Gasteiger charge is 2.35. The van der Waals surface area contributed by atoms with Gasteiger partial charge in [0, 0.05) is 74.2 Å². The number of nitrogens with one attached hydrogen (secondary N) is 2. The minimum Gasteiger partial charge on any atom is -0.497 e. The number of para-hydroxylation sites is 2. The van der Waals surface area contributed by atoms with E-state index in [0.717, 1.165) is 65.2 Å². The fraction of sp³-hybridized carbons (Fsp3) is 0.371. The van der Waals surface area contributed by atoms with Gasteiger partial charge in [0.1, 0.15) is 11.8 Å². The maximum Gasteiger partial charge on any atom is 0.318 e. The van der Waals surface area contributed by atoms with Crippen molar-refractivity contribution in [1.82, 2.24) is 20.1 Å². The zero-order valence-corrected chi connectivity index (χ0v) is 25.8. The zero-order valence-electron chi connectivity index (χ0n) is 25.8. The number of benzene rings is 3. The molecule has 0 radical (unpaired) electrons. The summed E-state index contributed by atoms with van der Waals surface area (Å²) in [7, 11) is 5.78. The predicted molar refractivity (Wildman–Crippen MR) is 176 cm³/mol. The molecule has 2 aliphatic rings. The molecule has 0 aliphatic carbocycles. The number of aromatic amines is 1. The fourth-order valence-corrected chi connectivity index (χ4v) is 6.65. The molecule has 0 bridgehead atoms. The number of amides is 3. The van der Waals surface area contributed by atoms with Crippen molar-refractivity contribution in [2.45, 2.75) is 18.9 Å². The van der Waals surface area contributed by atoms with Crippen LogP contribution in [0, 0.1) is 5.92 Å². The van der Waals surface area contributed by atoms with E-state index in [1.54, 1.807) is 7.11 Å². The molecule has 2 atom stereocenters. The Morgan fingerprint density at radius 1 is 1.00 bits per heavy atom. The van der Waals surface area contributed by atoms with Crippen LogP contribution in [0.25, 0.3) is 10.9 Å². The Kier molecular flexibility index (Phi) is 8.74. The second-order valence-corrected chi connectivity index (χ2v) is 12.2. The van der Waals surface area contributed by atoms with Crippen molar-refractivity contribution in [1.29, 1.82) is 0 Å². The van der Waals surface area contributed by atoms with E-state index in [4.69, 9.17) is 4.74 Å². The molecule has 1 unspecified atom stereocenters. The molecule has 0 spiro atoms. The predicted octanol–water partition coefficient (Wildman–Crippen LogP) is 4.39. The van der Waals surface area contributed by atoms with Crippen LogP contribution in [-0.2, 0) is 17.6 Å². The lowest BCUT2D eigenvalue weighted by atomic mass is 9.91. The molecule has 9 nitrogen and oxygen atoms in total. The second-order valence-electron chi connectivity index (χ2n) is 12.2. The number of ether oxygens (including phenoxy) is 1. The van der Waals surface area contributed by atoms with E-state index in [2.05, 4.69) is 52.4 Å². The Morgan fingerprint density at radius 2 is 1.75 bits per heavy atom. The van der Waals surface area contributed by atoms with Gasteiger partial charge in [-0.15, -0.1) is 0 Å². The Hall–Kier alpha value is -4.50. The number of carbonyl (C=O) groups is 2. The second kappa shape index (κ2) is 13.0. The number of nitrogens with zero attached hydrogens (tertiary/aromatic N) is 4. The standard InChI is InChI=1S/C35H42N6O3/c1-38(2)23-25-19-26-20-29(44-3)13-14-33(26)41(24-25)34(42)32(21-27-22-36-31-12-8-7-11-30(27)31)37-35(43)40-17-15-39(16-18-40)28-9-5-4-6-10-28/h4-14,20,22,25,32,36H,15-19,21,23-24H2,1-3H3,(H,37,43)/t25-,32?/m0/s1. The van der Waals surface area contributed by atoms with Crippen LogP contribution in [0.2, 0.25) is 0 Å². The minimum absolute atomic E-state index is 0.0959. The van der Waals surface area contributed by atoms with Crippen molar-refractivity contribution >= 4 is 34.2 Å². The maximum atomic E-state index is 14.6. The van der Waals surface area contributed by atoms with Gasteiger partial charge in [-0.25, -0.2) is 4.79 Å². The van der Waals surface area contributed by atoms with Gasteiger partial charge in [0.25, 0.3) is 0 Å². The summed E-state index contributed by atoms with van der Waals surface area (Å²) in [6, 6.07) is 23.3. The van der Waals surface area contributed by atoms with Gasteiger partial charge in [-0.3, -0.25) is 4.79 Å². The molecule has 1 aromatic heterocycles. The summed E-state index contributed by atoms with van der Waals surface area (Å²) < 4.78 is 5.52. The highest BCUT2D eigenvalue weighted by Crippen LogP contribution is 2.34. The number of hydrogen-bond donors (Lipinski definition) is 2. The van der Waals surface area contributed by atoms with Crippen molar-refractivity contribution in [3.63, 3.8) is 0 Å². The first kappa shape index (κ1) is 29.6. The molecule has 2 aliphatic heterocycles. The van der Waals surface area contributed by atoms with Gasteiger partial charge >= 0.3 is 6.03 Å². The number of hydrogen-bond acceptors (Lipinski definition) is 5. The molecule has 230 valence electrons. The van der Waals surface area contributed by atoms with Gasteiger partial charge in [-0.2, -0.15) is 0 Å². The number of methoxy groups -OCH3 is 1. The first-order chi connectivity index (χ1) is 21.4. The average Bonchev–Trinajstić information content (AvgIpc) is 3.46. The summed E-state index contributed by atoms with van der Waals surface area (Å²) in [6.45, 7) is 4.11. The third kappa shape index (κ3) is 6.38. The van der Waals surface area contributed by atoms with Crippen molar-refractivity contribution in [2.75, 3.05) is 70.3 Å². The molecule has 3 heterocycles. The number of carbonyl (C=O) groups excluding carboxylic acids is 2. The van der Waals surface area contributed by atoms with Gasteiger partial charge in [0.05, 0.1) is 7.11 Å². The van der Waals surface area contributed by atoms with E-state index >= 15 is 0 Å². The molecule has 1 fully saturated rings. The molecular weight excluding hydrogens is 552 g/mol. The molecule has 2 N–H and O–H groups in total. The van der Waals surface area contributed by atoms with E-state index < -0.39 is 6.04 Å². The van der Waals surface area contributed by atoms with Crippen LogP contribution in [0.15, 0.2) is 79.0 Å². The lowest BCUT2D eigenvalue weighted by Crippen LogP contribution is -2.58. The molecule has 4 aromatic rings. The van der Waals surface area contributed by atoms with Gasteiger partial charge in [0.15, 0.2) is 0 Å². The lowest BCUT2D eigenvalue weighted by Gasteiger charge is -2.39. The minimum atomic E-state index is -0.734. The molecule has 3 amide bonds. The monoisotopic (exact) mass is 594 g/mol. The number of rotatable bonds is 8. The molecule has 0 saturated carbocycles. The van der Waals surface area contributed by atoms with E-state index in [9.17, 15) is 9.59 Å². The Balaban J connectivity index is 1.26. The molecular formula is C35H42N6O3.